The Balaban J connectivity index is 1.76. The molecule has 128 valence electrons. The molecule has 1 unspecified atom stereocenters. The van der Waals surface area contributed by atoms with E-state index < -0.39 is 12.0 Å². The first-order valence-corrected chi connectivity index (χ1v) is 8.44. The number of benzene rings is 1. The number of hydrogen-bond acceptors (Lipinski definition) is 4. The van der Waals surface area contributed by atoms with E-state index in [-0.39, 0.29) is 24.2 Å². The van der Waals surface area contributed by atoms with Crippen LogP contribution in [0.1, 0.15) is 31.7 Å². The molecular weight excluding hydrogens is 308 g/mol. The fraction of sp³-hybridized carbons (Fsp3) is 0.500. The van der Waals surface area contributed by atoms with Gasteiger partial charge >= 0.3 is 5.97 Å². The van der Waals surface area contributed by atoms with Gasteiger partial charge in [-0.05, 0) is 44.0 Å². The SMILES string of the molecule is CCc1ccccc1N1C(=O)CC(N2CCC(C(=O)O)CC2)C1=O. The van der Waals surface area contributed by atoms with Crippen LogP contribution in [0.2, 0.25) is 0 Å². The number of carboxylic acids is 1. The van der Waals surface area contributed by atoms with Gasteiger partial charge in [0.25, 0.3) is 5.91 Å². The largest absolute Gasteiger partial charge is 0.481 e. The third kappa shape index (κ3) is 2.94. The molecule has 0 saturated carbocycles. The van der Waals surface area contributed by atoms with Gasteiger partial charge in [-0.2, -0.15) is 0 Å². The number of carboxylic acid groups (broad SMARTS) is 1. The highest BCUT2D eigenvalue weighted by Gasteiger charge is 2.44. The van der Waals surface area contributed by atoms with Gasteiger partial charge in [-0.3, -0.25) is 19.3 Å². The second-order valence-corrected chi connectivity index (χ2v) is 6.42. The molecule has 2 aliphatic rings. The van der Waals surface area contributed by atoms with E-state index in [4.69, 9.17) is 5.11 Å². The van der Waals surface area contributed by atoms with E-state index >= 15 is 0 Å². The Bertz CT molecular complexity index is 665. The highest BCUT2D eigenvalue weighted by molar-refractivity contribution is 6.22. The molecule has 24 heavy (non-hydrogen) atoms. The monoisotopic (exact) mass is 330 g/mol. The number of carbonyl (C=O) groups is 3. The molecule has 0 bridgehead atoms. The predicted octanol–water partition coefficient (Wildman–Crippen LogP) is 1.68. The Hall–Kier alpha value is -2.21. The zero-order valence-corrected chi connectivity index (χ0v) is 13.8. The van der Waals surface area contributed by atoms with Crippen LogP contribution in [0.4, 0.5) is 5.69 Å². The first-order chi connectivity index (χ1) is 11.5. The van der Waals surface area contributed by atoms with E-state index in [1.54, 1.807) is 0 Å². The van der Waals surface area contributed by atoms with Gasteiger partial charge in [0, 0.05) is 0 Å². The number of carbonyl (C=O) groups excluding carboxylic acids is 2. The van der Waals surface area contributed by atoms with Gasteiger partial charge in [0.05, 0.1) is 24.1 Å². The van der Waals surface area contributed by atoms with Crippen LogP contribution in [-0.4, -0.2) is 46.9 Å². The van der Waals surface area contributed by atoms with Crippen molar-refractivity contribution in [1.29, 1.82) is 0 Å². The molecular formula is C18H22N2O4. The number of para-hydroxylation sites is 1. The molecule has 2 saturated heterocycles. The van der Waals surface area contributed by atoms with Crippen molar-refractivity contribution < 1.29 is 19.5 Å². The molecule has 1 N–H and O–H groups in total. The molecule has 1 aromatic rings. The summed E-state index contributed by atoms with van der Waals surface area (Å²) in [6, 6.07) is 7.02. The van der Waals surface area contributed by atoms with Crippen molar-refractivity contribution in [2.45, 2.75) is 38.6 Å². The molecule has 6 heteroatoms. The number of rotatable bonds is 4. The third-order valence-corrected chi connectivity index (χ3v) is 5.06. The number of nitrogens with zero attached hydrogens (tertiary/aromatic N) is 2. The minimum atomic E-state index is -0.776. The van der Waals surface area contributed by atoms with Crippen molar-refractivity contribution >= 4 is 23.5 Å². The molecule has 2 heterocycles. The predicted molar refractivity (Wildman–Crippen MR) is 88.7 cm³/mol. The molecule has 0 spiro atoms. The molecule has 1 aromatic carbocycles. The molecule has 0 aromatic heterocycles. The number of piperidine rings is 1. The number of hydrogen-bond donors (Lipinski definition) is 1. The quantitative estimate of drug-likeness (QED) is 0.850. The summed E-state index contributed by atoms with van der Waals surface area (Å²) < 4.78 is 0. The minimum absolute atomic E-state index is 0.175. The van der Waals surface area contributed by atoms with Gasteiger partial charge in [0.15, 0.2) is 0 Å². The average Bonchev–Trinajstić information content (AvgIpc) is 2.89. The molecule has 2 amide bonds. The summed E-state index contributed by atoms with van der Waals surface area (Å²) in [5.74, 6) is -1.48. The van der Waals surface area contributed by atoms with E-state index in [0.717, 1.165) is 12.0 Å². The fourth-order valence-corrected chi connectivity index (χ4v) is 3.64. The van der Waals surface area contributed by atoms with Crippen LogP contribution in [0.25, 0.3) is 0 Å². The summed E-state index contributed by atoms with van der Waals surface area (Å²) in [7, 11) is 0. The number of aryl methyl sites for hydroxylation is 1. The number of aliphatic carboxylic acids is 1. The lowest BCUT2D eigenvalue weighted by atomic mass is 9.95. The average molecular weight is 330 g/mol. The Morgan fingerprint density at radius 2 is 1.88 bits per heavy atom. The Kier molecular flexibility index (Phi) is 4.66. The van der Waals surface area contributed by atoms with Crippen molar-refractivity contribution in [1.82, 2.24) is 4.90 Å². The molecule has 1 atom stereocenters. The minimum Gasteiger partial charge on any atom is -0.481 e. The summed E-state index contributed by atoms with van der Waals surface area (Å²) in [5, 5.41) is 9.08. The highest BCUT2D eigenvalue weighted by Crippen LogP contribution is 2.30. The van der Waals surface area contributed by atoms with Gasteiger partial charge in [-0.1, -0.05) is 25.1 Å². The molecule has 3 rings (SSSR count). The van der Waals surface area contributed by atoms with Crippen molar-refractivity contribution in [3.63, 3.8) is 0 Å². The van der Waals surface area contributed by atoms with E-state index in [0.29, 0.717) is 31.6 Å². The van der Waals surface area contributed by atoms with E-state index in [1.807, 2.05) is 36.1 Å². The van der Waals surface area contributed by atoms with E-state index in [9.17, 15) is 14.4 Å². The summed E-state index contributed by atoms with van der Waals surface area (Å²) in [4.78, 5) is 39.6. The normalized spacial score (nSPS) is 23.0. The summed E-state index contributed by atoms with van der Waals surface area (Å²) in [6.45, 7) is 3.09. The standard InChI is InChI=1S/C18H22N2O4/c1-2-12-5-3-4-6-14(12)20-16(21)11-15(17(20)22)19-9-7-13(8-10-19)18(23)24/h3-6,13,15H,2,7-11H2,1H3,(H,23,24). The van der Waals surface area contributed by atoms with Crippen LogP contribution in [0.3, 0.4) is 0 Å². The molecule has 0 radical (unpaired) electrons. The molecule has 2 aliphatic heterocycles. The topological polar surface area (TPSA) is 77.9 Å². The third-order valence-electron chi connectivity index (χ3n) is 5.06. The Morgan fingerprint density at radius 3 is 2.50 bits per heavy atom. The van der Waals surface area contributed by atoms with E-state index in [1.165, 1.54) is 4.90 Å². The second kappa shape index (κ2) is 6.73. The molecule has 0 aliphatic carbocycles. The van der Waals surface area contributed by atoms with E-state index in [2.05, 4.69) is 0 Å². The van der Waals surface area contributed by atoms with Crippen molar-refractivity contribution in [3.8, 4) is 0 Å². The highest BCUT2D eigenvalue weighted by atomic mass is 16.4. The zero-order valence-electron chi connectivity index (χ0n) is 13.8. The smallest absolute Gasteiger partial charge is 0.306 e. The fourth-order valence-electron chi connectivity index (χ4n) is 3.64. The maximum absolute atomic E-state index is 12.8. The lowest BCUT2D eigenvalue weighted by Gasteiger charge is -2.33. The maximum Gasteiger partial charge on any atom is 0.306 e. The van der Waals surface area contributed by atoms with Crippen molar-refractivity contribution in [2.75, 3.05) is 18.0 Å². The summed E-state index contributed by atoms with van der Waals surface area (Å²) in [5.41, 5.74) is 1.65. The molecule has 2 fully saturated rings. The number of amides is 2. The lowest BCUT2D eigenvalue weighted by molar-refractivity contribution is -0.143. The van der Waals surface area contributed by atoms with Crippen LogP contribution in [-0.2, 0) is 20.8 Å². The molecule has 6 nitrogen and oxygen atoms in total. The lowest BCUT2D eigenvalue weighted by Crippen LogP contribution is -2.46. The van der Waals surface area contributed by atoms with Crippen LogP contribution < -0.4 is 4.90 Å². The first-order valence-electron chi connectivity index (χ1n) is 8.44. The second-order valence-electron chi connectivity index (χ2n) is 6.42. The van der Waals surface area contributed by atoms with Crippen LogP contribution in [0.15, 0.2) is 24.3 Å². The Labute approximate surface area is 141 Å². The van der Waals surface area contributed by atoms with Gasteiger partial charge in [-0.15, -0.1) is 0 Å². The van der Waals surface area contributed by atoms with Gasteiger partial charge in [-0.25, -0.2) is 4.90 Å². The van der Waals surface area contributed by atoms with Crippen molar-refractivity contribution in [2.24, 2.45) is 5.92 Å². The first kappa shape index (κ1) is 16.6. The Morgan fingerprint density at radius 1 is 1.21 bits per heavy atom. The number of likely N-dealkylation sites (tertiary alicyclic amines) is 1. The number of imide groups is 1. The van der Waals surface area contributed by atoms with Gasteiger partial charge in [0.2, 0.25) is 5.91 Å². The maximum atomic E-state index is 12.8. The van der Waals surface area contributed by atoms with Crippen LogP contribution >= 0.6 is 0 Å². The van der Waals surface area contributed by atoms with Gasteiger partial charge < -0.3 is 5.11 Å². The zero-order chi connectivity index (χ0) is 17.3. The summed E-state index contributed by atoms with van der Waals surface area (Å²) in [6.07, 6.45) is 1.98. The van der Waals surface area contributed by atoms with Crippen molar-refractivity contribution in [3.05, 3.63) is 29.8 Å². The van der Waals surface area contributed by atoms with Crippen LogP contribution in [0, 0.1) is 5.92 Å². The van der Waals surface area contributed by atoms with Crippen LogP contribution in [0.5, 0.6) is 0 Å². The number of anilines is 1. The van der Waals surface area contributed by atoms with Gasteiger partial charge in [0.1, 0.15) is 0 Å². The summed E-state index contributed by atoms with van der Waals surface area (Å²) >= 11 is 0.